The molecule has 36 heavy (non-hydrogen) atoms. The number of hydrogen-bond acceptors (Lipinski definition) is 4. The standard InChI is InChI=1S/C21H18F6NO4PS.C2H6/c1-9(20(30)31)12(8-34-2)19(29)28-18-14(23)7-13(22)15(16(24)17(18)25)10-4-3-5-11(6-10)32-21(26,27)33;1-2/h3-6H,7-8,33H2,1-2H3,(H,28,29)(H,30,31);1-2H3/b12-9-;. The molecule has 0 aromatic heterocycles. The minimum Gasteiger partial charge on any atom is -0.478 e. The van der Waals surface area contributed by atoms with Crippen LogP contribution in [-0.2, 0) is 9.59 Å². The molecule has 0 radical (unpaired) electrons. The first kappa shape index (κ1) is 31.3. The third kappa shape index (κ3) is 8.16. The lowest BCUT2D eigenvalue weighted by Gasteiger charge is -2.14. The molecule has 1 aromatic rings. The van der Waals surface area contributed by atoms with Crippen LogP contribution in [0.2, 0.25) is 0 Å². The molecule has 1 unspecified atom stereocenters. The lowest BCUT2D eigenvalue weighted by Crippen LogP contribution is -2.28. The van der Waals surface area contributed by atoms with Gasteiger partial charge in [-0.25, -0.2) is 22.4 Å². The molecule has 0 fully saturated rings. The molecule has 0 spiro atoms. The fourth-order valence-electron chi connectivity index (χ4n) is 2.86. The second-order valence-corrected chi connectivity index (χ2v) is 8.39. The van der Waals surface area contributed by atoms with Crippen LogP contribution in [0.5, 0.6) is 5.75 Å². The zero-order chi connectivity index (χ0) is 27.8. The third-order valence-electron chi connectivity index (χ3n) is 4.44. The van der Waals surface area contributed by atoms with Crippen LogP contribution in [-0.4, -0.2) is 34.8 Å². The number of aliphatic carboxylic acids is 1. The summed E-state index contributed by atoms with van der Waals surface area (Å²) in [6.07, 6.45) is 0.278. The number of ether oxygens (including phenoxy) is 1. The Morgan fingerprint density at radius 3 is 2.28 bits per heavy atom. The van der Waals surface area contributed by atoms with Crippen molar-refractivity contribution in [3.05, 3.63) is 70.0 Å². The van der Waals surface area contributed by atoms with Gasteiger partial charge in [0.15, 0.2) is 11.7 Å². The number of carboxylic acids is 1. The van der Waals surface area contributed by atoms with Gasteiger partial charge in [0, 0.05) is 16.9 Å². The van der Waals surface area contributed by atoms with Gasteiger partial charge < -0.3 is 15.2 Å². The maximum absolute atomic E-state index is 15.0. The monoisotopic (exact) mass is 555 g/mol. The minimum atomic E-state index is -3.70. The molecule has 2 N–H and O–H groups in total. The molecule has 0 saturated heterocycles. The van der Waals surface area contributed by atoms with E-state index in [2.05, 4.69) is 4.74 Å². The number of carbonyl (C=O) groups is 2. The van der Waals surface area contributed by atoms with E-state index < -0.39 is 75.6 Å². The van der Waals surface area contributed by atoms with Gasteiger partial charge in [-0.2, -0.15) is 20.5 Å². The lowest BCUT2D eigenvalue weighted by atomic mass is 10.0. The summed E-state index contributed by atoms with van der Waals surface area (Å²) in [5, 5.41) is 10.9. The van der Waals surface area contributed by atoms with Crippen LogP contribution in [0.15, 0.2) is 64.4 Å². The highest BCUT2D eigenvalue weighted by molar-refractivity contribution is 7.98. The van der Waals surface area contributed by atoms with E-state index in [-0.39, 0.29) is 11.3 Å². The second-order valence-electron chi connectivity index (χ2n) is 6.85. The number of halogens is 6. The van der Waals surface area contributed by atoms with Crippen molar-refractivity contribution in [1.29, 1.82) is 0 Å². The van der Waals surface area contributed by atoms with Crippen molar-refractivity contribution in [2.75, 3.05) is 12.0 Å². The maximum Gasteiger partial charge on any atom is 0.408 e. The summed E-state index contributed by atoms with van der Waals surface area (Å²) in [4.78, 5) is 23.7. The maximum atomic E-state index is 15.0. The van der Waals surface area contributed by atoms with Crippen molar-refractivity contribution in [2.45, 2.75) is 33.0 Å². The Morgan fingerprint density at radius 2 is 1.75 bits per heavy atom. The summed E-state index contributed by atoms with van der Waals surface area (Å²) in [6.45, 7) is 5.10. The van der Waals surface area contributed by atoms with Crippen LogP contribution >= 0.6 is 21.0 Å². The fraction of sp³-hybridized carbons (Fsp3) is 0.304. The molecular formula is C23H24F6NO4PS. The van der Waals surface area contributed by atoms with Crippen molar-refractivity contribution >= 4 is 38.5 Å². The number of hydrogen-bond donors (Lipinski definition) is 2. The molecule has 0 aliphatic heterocycles. The smallest absolute Gasteiger partial charge is 0.408 e. The Morgan fingerprint density at radius 1 is 1.14 bits per heavy atom. The topological polar surface area (TPSA) is 75.6 Å². The number of rotatable bonds is 8. The van der Waals surface area contributed by atoms with E-state index in [0.29, 0.717) is 0 Å². The normalized spacial score (nSPS) is 15.1. The summed E-state index contributed by atoms with van der Waals surface area (Å²) in [6, 6.07) is 4.03. The summed E-state index contributed by atoms with van der Waals surface area (Å²) >= 11 is 1.05. The van der Waals surface area contributed by atoms with E-state index in [0.717, 1.165) is 52.2 Å². The highest BCUT2D eigenvalue weighted by atomic mass is 32.2. The zero-order valence-electron chi connectivity index (χ0n) is 19.6. The quantitative estimate of drug-likeness (QED) is 0.209. The number of benzene rings is 1. The molecule has 5 nitrogen and oxygen atoms in total. The molecule has 0 saturated carbocycles. The minimum absolute atomic E-state index is 0.141. The highest BCUT2D eigenvalue weighted by Gasteiger charge is 2.31. The number of nitrogens with one attached hydrogen (secondary N) is 1. The van der Waals surface area contributed by atoms with Gasteiger partial charge in [-0.15, -0.1) is 0 Å². The Labute approximate surface area is 210 Å². The van der Waals surface area contributed by atoms with Crippen molar-refractivity contribution in [1.82, 2.24) is 5.32 Å². The molecule has 198 valence electrons. The van der Waals surface area contributed by atoms with Gasteiger partial charge in [0.05, 0.1) is 12.0 Å². The van der Waals surface area contributed by atoms with Gasteiger partial charge in [-0.3, -0.25) is 4.79 Å². The SMILES string of the molecule is CC.CSC/C(C(=O)NC1=C(F)CC(F)=C(c2cccc(OC(F)(F)P)c2)C(F)=C1F)=C(\C)C(=O)O. The first-order chi connectivity index (χ1) is 16.8. The highest BCUT2D eigenvalue weighted by Crippen LogP contribution is 2.41. The molecule has 1 aromatic carbocycles. The summed E-state index contributed by atoms with van der Waals surface area (Å²) in [5.41, 5.74) is -3.54. The van der Waals surface area contributed by atoms with Crippen LogP contribution in [0, 0.1) is 0 Å². The summed E-state index contributed by atoms with van der Waals surface area (Å²) < 4.78 is 89.7. The van der Waals surface area contributed by atoms with E-state index in [1.807, 2.05) is 13.8 Å². The van der Waals surface area contributed by atoms with Crippen molar-refractivity contribution in [2.24, 2.45) is 0 Å². The van der Waals surface area contributed by atoms with Crippen LogP contribution < -0.4 is 10.1 Å². The van der Waals surface area contributed by atoms with Crippen LogP contribution in [0.25, 0.3) is 5.57 Å². The number of carboxylic acid groups (broad SMARTS) is 1. The molecule has 0 bridgehead atoms. The number of alkyl halides is 2. The van der Waals surface area contributed by atoms with Crippen molar-refractivity contribution in [3.63, 3.8) is 0 Å². The molecular weight excluding hydrogens is 531 g/mol. The van der Waals surface area contributed by atoms with Gasteiger partial charge in [0.2, 0.25) is 0 Å². The molecule has 1 atom stereocenters. The molecule has 1 amide bonds. The van der Waals surface area contributed by atoms with Crippen LogP contribution in [0.1, 0.15) is 32.8 Å². The second kappa shape index (κ2) is 13.5. The predicted molar refractivity (Wildman–Crippen MR) is 130 cm³/mol. The number of allylic oxidation sites excluding steroid dienone is 5. The van der Waals surface area contributed by atoms with E-state index >= 15 is 0 Å². The van der Waals surface area contributed by atoms with Crippen LogP contribution in [0.4, 0.5) is 26.3 Å². The molecule has 0 heterocycles. The van der Waals surface area contributed by atoms with E-state index in [1.54, 1.807) is 11.6 Å². The predicted octanol–water partition coefficient (Wildman–Crippen LogP) is 6.81. The Hall–Kier alpha value is -2.72. The number of amides is 1. The Kier molecular flexibility index (Phi) is 11.8. The Balaban J connectivity index is 0.00000316. The van der Waals surface area contributed by atoms with E-state index in [9.17, 15) is 35.9 Å². The van der Waals surface area contributed by atoms with Gasteiger partial charge >= 0.3 is 11.8 Å². The van der Waals surface area contributed by atoms with Gasteiger partial charge in [0.1, 0.15) is 23.1 Å². The van der Waals surface area contributed by atoms with E-state index in [1.165, 1.54) is 0 Å². The largest absolute Gasteiger partial charge is 0.478 e. The van der Waals surface area contributed by atoms with Crippen LogP contribution in [0.3, 0.4) is 0 Å². The average Bonchev–Trinajstić information content (AvgIpc) is 2.87. The van der Waals surface area contributed by atoms with Crippen molar-refractivity contribution in [3.8, 4) is 5.75 Å². The molecule has 13 heteroatoms. The van der Waals surface area contributed by atoms with Gasteiger partial charge in [0.25, 0.3) is 5.91 Å². The third-order valence-corrected chi connectivity index (χ3v) is 5.13. The summed E-state index contributed by atoms with van der Waals surface area (Å²) in [7, 11) is 1.10. The zero-order valence-corrected chi connectivity index (χ0v) is 21.6. The molecule has 1 aliphatic rings. The van der Waals surface area contributed by atoms with E-state index in [4.69, 9.17) is 5.11 Å². The fourth-order valence-corrected chi connectivity index (χ4v) is 3.63. The summed E-state index contributed by atoms with van der Waals surface area (Å²) in [5.74, 6) is -13.9. The molecule has 1 aliphatic carbocycles. The first-order valence-electron chi connectivity index (χ1n) is 10.3. The average molecular weight is 555 g/mol. The van der Waals surface area contributed by atoms with Gasteiger partial charge in [-0.1, -0.05) is 26.0 Å². The number of carbonyl (C=O) groups excluding carboxylic acids is 1. The van der Waals surface area contributed by atoms with Gasteiger partial charge in [-0.05, 0) is 40.1 Å². The first-order valence-corrected chi connectivity index (χ1v) is 12.3. The number of thioether (sulfide) groups is 1. The molecule has 2 rings (SSSR count). The lowest BCUT2D eigenvalue weighted by molar-refractivity contribution is -0.133. The van der Waals surface area contributed by atoms with Crippen molar-refractivity contribution < 1.29 is 45.8 Å². The Bertz CT molecular complexity index is 1140.